The molecular weight excluding hydrogens is 372 g/mol. The first-order valence-electron chi connectivity index (χ1n) is 7.52. The monoisotopic (exact) mass is 386 g/mol. The molecule has 1 heterocycles. The summed E-state index contributed by atoms with van der Waals surface area (Å²) in [5.41, 5.74) is 1.77. The zero-order valence-electron chi connectivity index (χ0n) is 12.8. The average molecular weight is 387 g/mol. The summed E-state index contributed by atoms with van der Waals surface area (Å²) in [4.78, 5) is 37.5. The Morgan fingerprint density at radius 1 is 1.00 bits per heavy atom. The fourth-order valence-corrected chi connectivity index (χ4v) is 3.04. The van der Waals surface area contributed by atoms with Crippen LogP contribution in [0, 0.1) is 0 Å². The third-order valence-corrected chi connectivity index (χ3v) is 4.31. The lowest BCUT2D eigenvalue weighted by molar-refractivity contribution is -0.121. The van der Waals surface area contributed by atoms with Gasteiger partial charge in [0.1, 0.15) is 0 Å². The van der Waals surface area contributed by atoms with Crippen molar-refractivity contribution >= 4 is 33.7 Å². The van der Waals surface area contributed by atoms with Crippen molar-refractivity contribution < 1.29 is 14.4 Å². The third-order valence-electron chi connectivity index (χ3n) is 3.82. The van der Waals surface area contributed by atoms with Gasteiger partial charge in [-0.05, 0) is 29.8 Å². The third kappa shape index (κ3) is 3.38. The van der Waals surface area contributed by atoms with Crippen LogP contribution in [0.1, 0.15) is 32.7 Å². The van der Waals surface area contributed by atoms with E-state index in [1.54, 1.807) is 24.3 Å². The van der Waals surface area contributed by atoms with Crippen molar-refractivity contribution in [2.45, 2.75) is 13.0 Å². The van der Waals surface area contributed by atoms with Crippen molar-refractivity contribution in [1.82, 2.24) is 10.2 Å². The van der Waals surface area contributed by atoms with Crippen LogP contribution in [0.2, 0.25) is 0 Å². The maximum absolute atomic E-state index is 12.2. The summed E-state index contributed by atoms with van der Waals surface area (Å²) in [6.07, 6.45) is 0.0828. The van der Waals surface area contributed by atoms with Gasteiger partial charge < -0.3 is 5.32 Å². The number of carbonyl (C=O) groups is 3. The number of carbonyl (C=O) groups excluding carboxylic acids is 3. The number of nitrogens with one attached hydrogen (secondary N) is 1. The molecule has 3 rings (SSSR count). The highest BCUT2D eigenvalue weighted by Gasteiger charge is 2.34. The Kier molecular flexibility index (Phi) is 4.76. The molecule has 3 amide bonds. The Morgan fingerprint density at radius 2 is 1.67 bits per heavy atom. The second-order valence-corrected chi connectivity index (χ2v) is 6.38. The van der Waals surface area contributed by atoms with Crippen molar-refractivity contribution in [2.75, 3.05) is 6.54 Å². The second kappa shape index (κ2) is 6.97. The lowest BCUT2D eigenvalue weighted by atomic mass is 10.1. The van der Waals surface area contributed by atoms with Gasteiger partial charge in [-0.25, -0.2) is 0 Å². The number of imide groups is 1. The summed E-state index contributed by atoms with van der Waals surface area (Å²) in [5, 5.41) is 2.79. The first-order valence-corrected chi connectivity index (χ1v) is 8.32. The van der Waals surface area contributed by atoms with Crippen molar-refractivity contribution in [3.05, 3.63) is 69.7 Å². The van der Waals surface area contributed by atoms with Crippen LogP contribution >= 0.6 is 15.9 Å². The van der Waals surface area contributed by atoms with Crippen molar-refractivity contribution in [3.63, 3.8) is 0 Å². The van der Waals surface area contributed by atoms with Crippen LogP contribution in [-0.4, -0.2) is 29.2 Å². The lowest BCUT2D eigenvalue weighted by Crippen LogP contribution is -2.34. The van der Waals surface area contributed by atoms with Crippen LogP contribution in [0.25, 0.3) is 0 Å². The van der Waals surface area contributed by atoms with E-state index in [-0.39, 0.29) is 30.7 Å². The standard InChI is InChI=1S/C18H15BrN2O3/c19-13-5-3-4-12(10-13)11-20-16(22)8-9-21-17(23)14-6-1-2-7-15(14)18(21)24/h1-7,10H,8-9,11H2,(H,20,22). The maximum atomic E-state index is 12.2. The summed E-state index contributed by atoms with van der Waals surface area (Å²) in [6, 6.07) is 14.3. The number of nitrogens with zero attached hydrogens (tertiary/aromatic N) is 1. The first kappa shape index (κ1) is 16.4. The van der Waals surface area contributed by atoms with E-state index in [4.69, 9.17) is 0 Å². The molecule has 1 aliphatic rings. The molecule has 6 heteroatoms. The summed E-state index contributed by atoms with van der Waals surface area (Å²) in [7, 11) is 0. The van der Waals surface area contributed by atoms with E-state index >= 15 is 0 Å². The molecule has 0 bridgehead atoms. The molecule has 0 saturated heterocycles. The van der Waals surface area contributed by atoms with Gasteiger partial charge in [-0.1, -0.05) is 40.2 Å². The number of rotatable bonds is 5. The van der Waals surface area contributed by atoms with Crippen LogP contribution in [-0.2, 0) is 11.3 Å². The fourth-order valence-electron chi connectivity index (χ4n) is 2.59. The highest BCUT2D eigenvalue weighted by Crippen LogP contribution is 2.22. The number of amides is 3. The highest BCUT2D eigenvalue weighted by molar-refractivity contribution is 9.10. The molecule has 1 aliphatic heterocycles. The number of benzene rings is 2. The predicted octanol–water partition coefficient (Wildman–Crippen LogP) is 2.75. The van der Waals surface area contributed by atoms with Crippen LogP contribution in [0.3, 0.4) is 0 Å². The quantitative estimate of drug-likeness (QED) is 0.803. The first-order chi connectivity index (χ1) is 11.6. The Balaban J connectivity index is 1.54. The zero-order chi connectivity index (χ0) is 17.1. The molecular formula is C18H15BrN2O3. The van der Waals surface area contributed by atoms with Gasteiger partial charge in [-0.15, -0.1) is 0 Å². The molecule has 0 radical (unpaired) electrons. The maximum Gasteiger partial charge on any atom is 0.261 e. The minimum atomic E-state index is -0.338. The summed E-state index contributed by atoms with van der Waals surface area (Å²) in [5.74, 6) is -0.877. The van der Waals surface area contributed by atoms with E-state index in [9.17, 15) is 14.4 Å². The fraction of sp³-hybridized carbons (Fsp3) is 0.167. The molecule has 2 aromatic rings. The van der Waals surface area contributed by atoms with Crippen LogP contribution < -0.4 is 5.32 Å². The number of halogens is 1. The van der Waals surface area contributed by atoms with E-state index in [1.807, 2.05) is 24.3 Å². The molecule has 2 aromatic carbocycles. The van der Waals surface area contributed by atoms with Crippen molar-refractivity contribution in [3.8, 4) is 0 Å². The Bertz CT molecular complexity index is 784. The van der Waals surface area contributed by atoms with Gasteiger partial charge in [-0.3, -0.25) is 19.3 Å². The molecule has 0 spiro atoms. The summed E-state index contributed by atoms with van der Waals surface area (Å²) >= 11 is 3.38. The Hall–Kier alpha value is -2.47. The van der Waals surface area contributed by atoms with Gasteiger partial charge in [0.05, 0.1) is 11.1 Å². The molecule has 122 valence electrons. The van der Waals surface area contributed by atoms with E-state index in [0.29, 0.717) is 17.7 Å². The predicted molar refractivity (Wildman–Crippen MR) is 92.4 cm³/mol. The van der Waals surface area contributed by atoms with E-state index in [0.717, 1.165) is 14.9 Å². The van der Waals surface area contributed by atoms with Crippen LogP contribution in [0.5, 0.6) is 0 Å². The molecule has 0 saturated carbocycles. The lowest BCUT2D eigenvalue weighted by Gasteiger charge is -2.13. The van der Waals surface area contributed by atoms with Gasteiger partial charge in [0.15, 0.2) is 0 Å². The van der Waals surface area contributed by atoms with E-state index < -0.39 is 0 Å². The van der Waals surface area contributed by atoms with Crippen molar-refractivity contribution in [2.24, 2.45) is 0 Å². The molecule has 1 N–H and O–H groups in total. The summed E-state index contributed by atoms with van der Waals surface area (Å²) < 4.78 is 0.945. The van der Waals surface area contributed by atoms with Gasteiger partial charge in [0, 0.05) is 24.0 Å². The zero-order valence-corrected chi connectivity index (χ0v) is 14.4. The Labute approximate surface area is 147 Å². The molecule has 0 fully saturated rings. The van der Waals surface area contributed by atoms with Gasteiger partial charge in [0.2, 0.25) is 5.91 Å². The number of hydrogen-bond acceptors (Lipinski definition) is 3. The van der Waals surface area contributed by atoms with Crippen molar-refractivity contribution in [1.29, 1.82) is 0 Å². The molecule has 5 nitrogen and oxygen atoms in total. The smallest absolute Gasteiger partial charge is 0.261 e. The molecule has 0 atom stereocenters. The molecule has 0 aromatic heterocycles. The SMILES string of the molecule is O=C(CCN1C(=O)c2ccccc2C1=O)NCc1cccc(Br)c1. The number of hydrogen-bond donors (Lipinski definition) is 1. The Morgan fingerprint density at radius 3 is 2.29 bits per heavy atom. The largest absolute Gasteiger partial charge is 0.352 e. The topological polar surface area (TPSA) is 66.5 Å². The molecule has 24 heavy (non-hydrogen) atoms. The second-order valence-electron chi connectivity index (χ2n) is 5.46. The molecule has 0 aliphatic carbocycles. The minimum Gasteiger partial charge on any atom is -0.352 e. The number of fused-ring (bicyclic) bond motifs is 1. The van der Waals surface area contributed by atoms with Gasteiger partial charge in [0.25, 0.3) is 11.8 Å². The summed E-state index contributed by atoms with van der Waals surface area (Å²) in [6.45, 7) is 0.483. The van der Waals surface area contributed by atoms with E-state index in [1.165, 1.54) is 0 Å². The van der Waals surface area contributed by atoms with Crippen LogP contribution in [0.4, 0.5) is 0 Å². The highest BCUT2D eigenvalue weighted by atomic mass is 79.9. The van der Waals surface area contributed by atoms with Gasteiger partial charge in [-0.2, -0.15) is 0 Å². The minimum absolute atomic E-state index is 0.0800. The normalized spacial score (nSPS) is 13.1. The van der Waals surface area contributed by atoms with Crippen LogP contribution in [0.15, 0.2) is 53.0 Å². The average Bonchev–Trinajstić information content (AvgIpc) is 2.83. The van der Waals surface area contributed by atoms with Gasteiger partial charge >= 0.3 is 0 Å². The molecule has 0 unspecified atom stereocenters. The van der Waals surface area contributed by atoms with E-state index in [2.05, 4.69) is 21.2 Å².